The molecule has 0 aromatic carbocycles. The van der Waals surface area contributed by atoms with Crippen molar-refractivity contribution in [2.75, 3.05) is 5.32 Å². The Kier molecular flexibility index (Phi) is 4.17. The number of anilines is 1. The fraction of sp³-hybridized carbons (Fsp3) is 0.400. The largest absolute Gasteiger partial charge is 0.469 e. The number of aromatic nitrogens is 2. The molecule has 0 aliphatic rings. The molecular formula is C15H19N3O2. The van der Waals surface area contributed by atoms with Crippen molar-refractivity contribution in [2.45, 2.75) is 40.0 Å². The van der Waals surface area contributed by atoms with E-state index in [2.05, 4.69) is 15.3 Å². The number of nitrogens with one attached hydrogen (secondary N) is 1. The Labute approximate surface area is 118 Å². The summed E-state index contributed by atoms with van der Waals surface area (Å²) in [7, 11) is 0. The Morgan fingerprint density at radius 3 is 2.80 bits per heavy atom. The fourth-order valence-electron chi connectivity index (χ4n) is 1.91. The van der Waals surface area contributed by atoms with Gasteiger partial charge in [0.05, 0.1) is 11.8 Å². The van der Waals surface area contributed by atoms with Gasteiger partial charge in [0.2, 0.25) is 0 Å². The van der Waals surface area contributed by atoms with Gasteiger partial charge in [0.1, 0.15) is 17.4 Å². The highest BCUT2D eigenvalue weighted by atomic mass is 16.3. The van der Waals surface area contributed by atoms with Crippen LogP contribution >= 0.6 is 0 Å². The molecular weight excluding hydrogens is 254 g/mol. The molecule has 2 rings (SSSR count). The lowest BCUT2D eigenvalue weighted by Gasteiger charge is -2.09. The summed E-state index contributed by atoms with van der Waals surface area (Å²) in [6, 6.07) is 3.43. The molecule has 0 fully saturated rings. The summed E-state index contributed by atoms with van der Waals surface area (Å²) >= 11 is 0. The van der Waals surface area contributed by atoms with Crippen LogP contribution < -0.4 is 5.32 Å². The molecule has 1 N–H and O–H groups in total. The third kappa shape index (κ3) is 3.04. The Balaban J connectivity index is 2.24. The normalized spacial score (nSPS) is 10.8. The second-order valence-electron chi connectivity index (χ2n) is 4.97. The van der Waals surface area contributed by atoms with Crippen LogP contribution in [0.25, 0.3) is 0 Å². The topological polar surface area (TPSA) is 68.0 Å². The van der Waals surface area contributed by atoms with Crippen LogP contribution in [0.1, 0.15) is 54.3 Å². The molecule has 0 aliphatic heterocycles. The first kappa shape index (κ1) is 14.2. The second kappa shape index (κ2) is 5.86. The molecule has 0 saturated heterocycles. The molecule has 0 radical (unpaired) electrons. The van der Waals surface area contributed by atoms with Gasteiger partial charge in [0, 0.05) is 24.1 Å². The minimum atomic E-state index is -0.205. The first-order valence-electron chi connectivity index (χ1n) is 6.74. The van der Waals surface area contributed by atoms with E-state index in [4.69, 9.17) is 4.42 Å². The van der Waals surface area contributed by atoms with E-state index in [0.29, 0.717) is 23.6 Å². The maximum Gasteiger partial charge on any atom is 0.260 e. The average molecular weight is 273 g/mol. The number of amides is 1. The molecule has 0 unspecified atom stereocenters. The molecule has 20 heavy (non-hydrogen) atoms. The summed E-state index contributed by atoms with van der Waals surface area (Å²) in [5, 5.41) is 2.81. The first-order valence-corrected chi connectivity index (χ1v) is 6.74. The molecule has 2 heterocycles. The predicted octanol–water partition coefficient (Wildman–Crippen LogP) is 3.32. The van der Waals surface area contributed by atoms with Crippen molar-refractivity contribution in [3.05, 3.63) is 41.2 Å². The number of nitrogens with zero attached hydrogens (tertiary/aromatic N) is 2. The maximum absolute atomic E-state index is 12.2. The summed E-state index contributed by atoms with van der Waals surface area (Å²) in [6.07, 6.45) is 2.20. The van der Waals surface area contributed by atoms with Gasteiger partial charge in [-0.15, -0.1) is 0 Å². The van der Waals surface area contributed by atoms with Crippen LogP contribution in [0.4, 0.5) is 5.82 Å². The smallest absolute Gasteiger partial charge is 0.260 e. The van der Waals surface area contributed by atoms with Gasteiger partial charge < -0.3 is 9.73 Å². The van der Waals surface area contributed by atoms with Gasteiger partial charge in [0.15, 0.2) is 0 Å². The van der Waals surface area contributed by atoms with E-state index in [1.54, 1.807) is 12.1 Å². The Morgan fingerprint density at radius 1 is 1.40 bits per heavy atom. The zero-order chi connectivity index (χ0) is 14.7. The highest BCUT2D eigenvalue weighted by Crippen LogP contribution is 2.16. The van der Waals surface area contributed by atoms with E-state index in [1.165, 1.54) is 6.26 Å². The van der Waals surface area contributed by atoms with Crippen molar-refractivity contribution in [1.29, 1.82) is 0 Å². The highest BCUT2D eigenvalue weighted by molar-refractivity contribution is 6.04. The zero-order valence-corrected chi connectivity index (χ0v) is 12.2. The lowest BCUT2D eigenvalue weighted by Crippen LogP contribution is -2.15. The number of furan rings is 1. The van der Waals surface area contributed by atoms with Crippen molar-refractivity contribution in [1.82, 2.24) is 9.97 Å². The first-order chi connectivity index (χ1) is 9.51. The summed E-state index contributed by atoms with van der Waals surface area (Å²) < 4.78 is 5.26. The minimum absolute atomic E-state index is 0.205. The SMILES string of the molecule is CCc1occc1C(=O)Nc1cc(C)nc(C(C)C)n1. The van der Waals surface area contributed by atoms with E-state index in [-0.39, 0.29) is 11.8 Å². The van der Waals surface area contributed by atoms with Crippen LogP contribution in [0, 0.1) is 6.92 Å². The molecule has 106 valence electrons. The zero-order valence-electron chi connectivity index (χ0n) is 12.2. The van der Waals surface area contributed by atoms with Crippen molar-refractivity contribution in [2.24, 2.45) is 0 Å². The van der Waals surface area contributed by atoms with Gasteiger partial charge in [-0.2, -0.15) is 0 Å². The van der Waals surface area contributed by atoms with Crippen LogP contribution in [0.2, 0.25) is 0 Å². The molecule has 0 saturated carbocycles. The van der Waals surface area contributed by atoms with E-state index in [9.17, 15) is 4.79 Å². The quantitative estimate of drug-likeness (QED) is 0.927. The lowest BCUT2D eigenvalue weighted by atomic mass is 10.2. The molecule has 0 bridgehead atoms. The minimum Gasteiger partial charge on any atom is -0.469 e. The monoisotopic (exact) mass is 273 g/mol. The van der Waals surface area contributed by atoms with Gasteiger partial charge in [-0.25, -0.2) is 9.97 Å². The Bertz CT molecular complexity index is 617. The number of carbonyl (C=O) groups is 1. The van der Waals surface area contributed by atoms with Crippen LogP contribution in [0.15, 0.2) is 22.8 Å². The van der Waals surface area contributed by atoms with Crippen molar-refractivity contribution < 1.29 is 9.21 Å². The summed E-state index contributed by atoms with van der Waals surface area (Å²) in [5.74, 6) is 1.93. The Morgan fingerprint density at radius 2 is 2.15 bits per heavy atom. The summed E-state index contributed by atoms with van der Waals surface area (Å²) in [5.41, 5.74) is 1.39. The molecule has 5 heteroatoms. The number of hydrogen-bond donors (Lipinski definition) is 1. The van der Waals surface area contributed by atoms with Crippen LogP contribution in [0.3, 0.4) is 0 Å². The lowest BCUT2D eigenvalue weighted by molar-refractivity contribution is 0.102. The summed E-state index contributed by atoms with van der Waals surface area (Å²) in [4.78, 5) is 20.9. The molecule has 0 spiro atoms. The van der Waals surface area contributed by atoms with Crippen molar-refractivity contribution in [3.8, 4) is 0 Å². The third-order valence-electron chi connectivity index (χ3n) is 2.94. The maximum atomic E-state index is 12.2. The van der Waals surface area contributed by atoms with Gasteiger partial charge >= 0.3 is 0 Å². The number of hydrogen-bond acceptors (Lipinski definition) is 4. The number of aryl methyl sites for hydroxylation is 2. The molecule has 1 amide bonds. The second-order valence-corrected chi connectivity index (χ2v) is 4.97. The van der Waals surface area contributed by atoms with Gasteiger partial charge in [0.25, 0.3) is 5.91 Å². The molecule has 5 nitrogen and oxygen atoms in total. The number of carbonyl (C=O) groups excluding carboxylic acids is 1. The van der Waals surface area contributed by atoms with Gasteiger partial charge in [-0.05, 0) is 13.0 Å². The average Bonchev–Trinajstić information content (AvgIpc) is 2.86. The third-order valence-corrected chi connectivity index (χ3v) is 2.94. The van der Waals surface area contributed by atoms with E-state index >= 15 is 0 Å². The summed E-state index contributed by atoms with van der Waals surface area (Å²) in [6.45, 7) is 7.87. The van der Waals surface area contributed by atoms with E-state index in [0.717, 1.165) is 11.5 Å². The van der Waals surface area contributed by atoms with E-state index < -0.39 is 0 Å². The van der Waals surface area contributed by atoms with Gasteiger partial charge in [-0.3, -0.25) is 4.79 Å². The van der Waals surface area contributed by atoms with E-state index in [1.807, 2.05) is 27.7 Å². The highest BCUT2D eigenvalue weighted by Gasteiger charge is 2.15. The molecule has 2 aromatic heterocycles. The molecule has 0 aliphatic carbocycles. The van der Waals surface area contributed by atoms with Gasteiger partial charge in [-0.1, -0.05) is 20.8 Å². The Hall–Kier alpha value is -2.17. The fourth-order valence-corrected chi connectivity index (χ4v) is 1.91. The van der Waals surface area contributed by atoms with Crippen LogP contribution in [-0.2, 0) is 6.42 Å². The van der Waals surface area contributed by atoms with Crippen molar-refractivity contribution in [3.63, 3.8) is 0 Å². The van der Waals surface area contributed by atoms with Crippen LogP contribution in [-0.4, -0.2) is 15.9 Å². The predicted molar refractivity (Wildman–Crippen MR) is 76.9 cm³/mol. The molecule has 2 aromatic rings. The van der Waals surface area contributed by atoms with Crippen molar-refractivity contribution >= 4 is 11.7 Å². The van der Waals surface area contributed by atoms with Crippen LogP contribution in [0.5, 0.6) is 0 Å². The molecule has 0 atom stereocenters. The standard InChI is InChI=1S/C15H19N3O2/c1-5-12-11(6-7-20-12)15(19)18-13-8-10(4)16-14(17-13)9(2)3/h6-9H,5H2,1-4H3,(H,16,17,18,19). The number of rotatable bonds is 4.